The summed E-state index contributed by atoms with van der Waals surface area (Å²) < 4.78 is 5.57. The summed E-state index contributed by atoms with van der Waals surface area (Å²) in [4.78, 5) is 0. The van der Waals surface area contributed by atoms with Gasteiger partial charge in [-0.2, -0.15) is 0 Å². The highest BCUT2D eigenvalue weighted by atomic mass is 16.5. The standard InChI is InChI=1S/C12H15NO/c1-2-8-14-11-5-3-4-9-6-7-10(13)12(9)11/h2-5,10H,1,6-8,13H2/t10-/m1/s1. The molecule has 2 rings (SSSR count). The Kier molecular flexibility index (Phi) is 2.55. The summed E-state index contributed by atoms with van der Waals surface area (Å²) in [5.41, 5.74) is 8.53. The van der Waals surface area contributed by atoms with E-state index >= 15 is 0 Å². The summed E-state index contributed by atoms with van der Waals surface area (Å²) in [5.74, 6) is 0.924. The van der Waals surface area contributed by atoms with E-state index in [0.717, 1.165) is 18.6 Å². The molecule has 0 aliphatic heterocycles. The van der Waals surface area contributed by atoms with Crippen LogP contribution in [0.4, 0.5) is 0 Å². The van der Waals surface area contributed by atoms with E-state index in [-0.39, 0.29) is 6.04 Å². The van der Waals surface area contributed by atoms with E-state index in [0.29, 0.717) is 6.61 Å². The van der Waals surface area contributed by atoms with Crippen LogP contribution in [0.15, 0.2) is 30.9 Å². The number of benzene rings is 1. The number of aryl methyl sites for hydroxylation is 1. The zero-order valence-electron chi connectivity index (χ0n) is 8.20. The van der Waals surface area contributed by atoms with Crippen LogP contribution in [0, 0.1) is 0 Å². The van der Waals surface area contributed by atoms with Crippen LogP contribution in [-0.2, 0) is 6.42 Å². The van der Waals surface area contributed by atoms with Crippen molar-refractivity contribution in [3.63, 3.8) is 0 Å². The third kappa shape index (κ3) is 1.53. The molecule has 1 atom stereocenters. The van der Waals surface area contributed by atoms with Crippen molar-refractivity contribution in [1.29, 1.82) is 0 Å². The predicted octanol–water partition coefficient (Wildman–Crippen LogP) is 2.20. The summed E-state index contributed by atoms with van der Waals surface area (Å²) in [7, 11) is 0. The van der Waals surface area contributed by atoms with Gasteiger partial charge in [-0.1, -0.05) is 24.8 Å². The lowest BCUT2D eigenvalue weighted by Gasteiger charge is -2.12. The second-order valence-electron chi connectivity index (χ2n) is 3.57. The van der Waals surface area contributed by atoms with Gasteiger partial charge in [-0.05, 0) is 24.5 Å². The first-order chi connectivity index (χ1) is 6.83. The molecule has 0 bridgehead atoms. The number of nitrogens with two attached hydrogens (primary N) is 1. The fraction of sp³-hybridized carbons (Fsp3) is 0.333. The van der Waals surface area contributed by atoms with Crippen molar-refractivity contribution in [3.05, 3.63) is 42.0 Å². The van der Waals surface area contributed by atoms with Crippen molar-refractivity contribution in [3.8, 4) is 5.75 Å². The van der Waals surface area contributed by atoms with E-state index in [1.165, 1.54) is 11.1 Å². The first-order valence-corrected chi connectivity index (χ1v) is 4.94. The molecule has 0 saturated heterocycles. The zero-order chi connectivity index (χ0) is 9.97. The van der Waals surface area contributed by atoms with Crippen LogP contribution in [0.2, 0.25) is 0 Å². The number of hydrogen-bond donors (Lipinski definition) is 1. The van der Waals surface area contributed by atoms with Crippen LogP contribution >= 0.6 is 0 Å². The number of rotatable bonds is 3. The van der Waals surface area contributed by atoms with Gasteiger partial charge in [0.1, 0.15) is 12.4 Å². The largest absolute Gasteiger partial charge is 0.489 e. The molecule has 0 fully saturated rings. The molecular weight excluding hydrogens is 174 g/mol. The molecule has 1 aromatic rings. The van der Waals surface area contributed by atoms with Gasteiger partial charge >= 0.3 is 0 Å². The van der Waals surface area contributed by atoms with Crippen molar-refractivity contribution in [2.24, 2.45) is 5.73 Å². The Morgan fingerprint density at radius 2 is 2.43 bits per heavy atom. The summed E-state index contributed by atoms with van der Waals surface area (Å²) in [6, 6.07) is 6.28. The first kappa shape index (κ1) is 9.28. The van der Waals surface area contributed by atoms with Gasteiger partial charge in [0.25, 0.3) is 0 Å². The molecular formula is C12H15NO. The topological polar surface area (TPSA) is 35.2 Å². The van der Waals surface area contributed by atoms with E-state index in [1.807, 2.05) is 12.1 Å². The molecule has 74 valence electrons. The first-order valence-electron chi connectivity index (χ1n) is 4.94. The van der Waals surface area contributed by atoms with E-state index < -0.39 is 0 Å². The maximum atomic E-state index is 6.01. The molecule has 1 aliphatic carbocycles. The molecule has 0 spiro atoms. The molecule has 0 radical (unpaired) electrons. The van der Waals surface area contributed by atoms with Gasteiger partial charge in [0, 0.05) is 11.6 Å². The number of hydrogen-bond acceptors (Lipinski definition) is 2. The van der Waals surface area contributed by atoms with Crippen LogP contribution in [0.1, 0.15) is 23.6 Å². The second-order valence-corrected chi connectivity index (χ2v) is 3.57. The molecule has 14 heavy (non-hydrogen) atoms. The molecule has 2 N–H and O–H groups in total. The van der Waals surface area contributed by atoms with E-state index in [4.69, 9.17) is 10.5 Å². The summed E-state index contributed by atoms with van der Waals surface area (Å²) >= 11 is 0. The molecule has 2 nitrogen and oxygen atoms in total. The minimum atomic E-state index is 0.144. The number of fused-ring (bicyclic) bond motifs is 1. The Labute approximate surface area is 84.4 Å². The lowest BCUT2D eigenvalue weighted by Crippen LogP contribution is -2.08. The Balaban J connectivity index is 2.31. The lowest BCUT2D eigenvalue weighted by molar-refractivity contribution is 0.357. The highest BCUT2D eigenvalue weighted by molar-refractivity contribution is 5.45. The SMILES string of the molecule is C=CCOc1cccc2c1[C@H](N)CC2. The Hall–Kier alpha value is -1.28. The van der Waals surface area contributed by atoms with Crippen molar-refractivity contribution in [2.45, 2.75) is 18.9 Å². The average Bonchev–Trinajstić information content (AvgIpc) is 2.58. The summed E-state index contributed by atoms with van der Waals surface area (Å²) in [5, 5.41) is 0. The van der Waals surface area contributed by atoms with Crippen LogP contribution in [0.25, 0.3) is 0 Å². The van der Waals surface area contributed by atoms with Crippen molar-refractivity contribution in [2.75, 3.05) is 6.61 Å². The Morgan fingerprint density at radius 1 is 1.57 bits per heavy atom. The Morgan fingerprint density at radius 3 is 3.21 bits per heavy atom. The quantitative estimate of drug-likeness (QED) is 0.740. The molecule has 1 aromatic carbocycles. The van der Waals surface area contributed by atoms with Crippen LogP contribution in [-0.4, -0.2) is 6.61 Å². The van der Waals surface area contributed by atoms with Crippen molar-refractivity contribution in [1.82, 2.24) is 0 Å². The minimum absolute atomic E-state index is 0.144. The van der Waals surface area contributed by atoms with E-state index in [1.54, 1.807) is 6.08 Å². The fourth-order valence-corrected chi connectivity index (χ4v) is 1.96. The van der Waals surface area contributed by atoms with Gasteiger partial charge in [-0.3, -0.25) is 0 Å². The molecule has 0 heterocycles. The molecule has 0 aromatic heterocycles. The third-order valence-corrected chi connectivity index (χ3v) is 2.61. The highest BCUT2D eigenvalue weighted by Crippen LogP contribution is 2.36. The summed E-state index contributed by atoms with van der Waals surface area (Å²) in [6.07, 6.45) is 3.85. The van der Waals surface area contributed by atoms with Crippen molar-refractivity contribution >= 4 is 0 Å². The van der Waals surface area contributed by atoms with Gasteiger partial charge in [0.2, 0.25) is 0 Å². The maximum Gasteiger partial charge on any atom is 0.124 e. The van der Waals surface area contributed by atoms with Crippen LogP contribution < -0.4 is 10.5 Å². The van der Waals surface area contributed by atoms with Gasteiger partial charge in [0.15, 0.2) is 0 Å². The molecule has 0 saturated carbocycles. The lowest BCUT2D eigenvalue weighted by atomic mass is 10.1. The van der Waals surface area contributed by atoms with E-state index in [9.17, 15) is 0 Å². The highest BCUT2D eigenvalue weighted by Gasteiger charge is 2.22. The van der Waals surface area contributed by atoms with Crippen LogP contribution in [0.5, 0.6) is 5.75 Å². The average molecular weight is 189 g/mol. The Bertz CT molecular complexity index is 346. The molecule has 2 heteroatoms. The monoisotopic (exact) mass is 189 g/mol. The molecule has 0 amide bonds. The van der Waals surface area contributed by atoms with Crippen molar-refractivity contribution < 1.29 is 4.74 Å². The normalized spacial score (nSPS) is 19.1. The van der Waals surface area contributed by atoms with Gasteiger partial charge in [0.05, 0.1) is 0 Å². The molecule has 1 aliphatic rings. The second kappa shape index (κ2) is 3.84. The fourth-order valence-electron chi connectivity index (χ4n) is 1.96. The van der Waals surface area contributed by atoms with Crippen LogP contribution in [0.3, 0.4) is 0 Å². The summed E-state index contributed by atoms with van der Waals surface area (Å²) in [6.45, 7) is 4.18. The third-order valence-electron chi connectivity index (χ3n) is 2.61. The molecule has 0 unspecified atom stereocenters. The van der Waals surface area contributed by atoms with Gasteiger partial charge < -0.3 is 10.5 Å². The maximum absolute atomic E-state index is 6.01. The predicted molar refractivity (Wildman–Crippen MR) is 57.4 cm³/mol. The zero-order valence-corrected chi connectivity index (χ0v) is 8.20. The van der Waals surface area contributed by atoms with Gasteiger partial charge in [-0.15, -0.1) is 0 Å². The number of ether oxygens (including phenoxy) is 1. The smallest absolute Gasteiger partial charge is 0.124 e. The van der Waals surface area contributed by atoms with Gasteiger partial charge in [-0.25, -0.2) is 0 Å². The minimum Gasteiger partial charge on any atom is -0.489 e. The van der Waals surface area contributed by atoms with E-state index in [2.05, 4.69) is 12.6 Å².